The maximum absolute atomic E-state index is 12.1. The molecule has 0 bridgehead atoms. The molecule has 1 aliphatic heterocycles. The Morgan fingerprint density at radius 3 is 2.67 bits per heavy atom. The summed E-state index contributed by atoms with van der Waals surface area (Å²) in [5.41, 5.74) is 0.942. The fraction of sp³-hybridized carbons (Fsp3) is 0.500. The lowest BCUT2D eigenvalue weighted by atomic mass is 10.1. The van der Waals surface area contributed by atoms with Crippen LogP contribution in [0.5, 0.6) is 0 Å². The molecule has 1 aromatic rings. The standard InChI is InChI=1S/C12H16N2O3S/c15-12-2-1-8-14(10-12)18(16,17)9-5-11-3-6-13-7-4-11/h3-4,6-7H,1-2,5,8-10H2. The predicted molar refractivity (Wildman–Crippen MR) is 67.5 cm³/mol. The van der Waals surface area contributed by atoms with Crippen LogP contribution in [-0.2, 0) is 21.2 Å². The molecule has 0 aliphatic carbocycles. The van der Waals surface area contributed by atoms with Crippen LogP contribution < -0.4 is 0 Å². The number of carbonyl (C=O) groups is 1. The molecule has 18 heavy (non-hydrogen) atoms. The molecule has 5 nitrogen and oxygen atoms in total. The zero-order valence-electron chi connectivity index (χ0n) is 10.1. The van der Waals surface area contributed by atoms with E-state index >= 15 is 0 Å². The highest BCUT2D eigenvalue weighted by Crippen LogP contribution is 2.12. The van der Waals surface area contributed by atoms with Crippen LogP contribution in [0.3, 0.4) is 0 Å². The third-order valence-electron chi connectivity index (χ3n) is 3.01. The van der Waals surface area contributed by atoms with Crippen LogP contribution in [0.25, 0.3) is 0 Å². The first kappa shape index (κ1) is 13.2. The summed E-state index contributed by atoms with van der Waals surface area (Å²) in [7, 11) is -3.32. The topological polar surface area (TPSA) is 67.3 Å². The third-order valence-corrected chi connectivity index (χ3v) is 4.83. The molecule has 0 radical (unpaired) electrons. The molecule has 1 saturated heterocycles. The van der Waals surface area contributed by atoms with Crippen LogP contribution in [0.15, 0.2) is 24.5 Å². The van der Waals surface area contributed by atoms with E-state index in [9.17, 15) is 13.2 Å². The molecule has 0 atom stereocenters. The van der Waals surface area contributed by atoms with E-state index in [0.29, 0.717) is 25.8 Å². The number of ketones is 1. The summed E-state index contributed by atoms with van der Waals surface area (Å²) in [5, 5.41) is 0. The Hall–Kier alpha value is -1.27. The molecule has 1 aromatic heterocycles. The summed E-state index contributed by atoms with van der Waals surface area (Å²) >= 11 is 0. The maximum Gasteiger partial charge on any atom is 0.214 e. The van der Waals surface area contributed by atoms with Gasteiger partial charge in [-0.15, -0.1) is 0 Å². The van der Waals surface area contributed by atoms with E-state index < -0.39 is 10.0 Å². The molecular formula is C12H16N2O3S. The van der Waals surface area contributed by atoms with Crippen molar-refractivity contribution < 1.29 is 13.2 Å². The summed E-state index contributed by atoms with van der Waals surface area (Å²) in [6.45, 7) is 0.503. The molecule has 2 rings (SSSR count). The number of Topliss-reactive ketones (excluding diaryl/α,β-unsaturated/α-hetero) is 1. The van der Waals surface area contributed by atoms with E-state index in [2.05, 4.69) is 4.98 Å². The number of hydrogen-bond acceptors (Lipinski definition) is 4. The highest BCUT2D eigenvalue weighted by Gasteiger charge is 2.27. The van der Waals surface area contributed by atoms with Crippen LogP contribution >= 0.6 is 0 Å². The van der Waals surface area contributed by atoms with E-state index in [0.717, 1.165) is 5.56 Å². The Morgan fingerprint density at radius 1 is 1.28 bits per heavy atom. The van der Waals surface area contributed by atoms with E-state index in [1.165, 1.54) is 4.31 Å². The monoisotopic (exact) mass is 268 g/mol. The first-order valence-electron chi connectivity index (χ1n) is 5.96. The molecule has 0 saturated carbocycles. The number of carbonyl (C=O) groups excluding carboxylic acids is 1. The van der Waals surface area contributed by atoms with Gasteiger partial charge in [0.2, 0.25) is 10.0 Å². The Balaban J connectivity index is 1.97. The minimum Gasteiger partial charge on any atom is -0.298 e. The van der Waals surface area contributed by atoms with Crippen LogP contribution in [0.2, 0.25) is 0 Å². The lowest BCUT2D eigenvalue weighted by Gasteiger charge is -2.24. The van der Waals surface area contributed by atoms with Gasteiger partial charge in [0, 0.05) is 25.4 Å². The number of aryl methyl sites for hydroxylation is 1. The number of piperidine rings is 1. The van der Waals surface area contributed by atoms with Crippen LogP contribution in [0.4, 0.5) is 0 Å². The molecule has 1 aliphatic rings. The van der Waals surface area contributed by atoms with Gasteiger partial charge in [0.25, 0.3) is 0 Å². The van der Waals surface area contributed by atoms with Gasteiger partial charge in [-0.25, -0.2) is 8.42 Å². The summed E-state index contributed by atoms with van der Waals surface area (Å²) < 4.78 is 25.4. The highest BCUT2D eigenvalue weighted by atomic mass is 32.2. The minimum atomic E-state index is -3.32. The van der Waals surface area contributed by atoms with Crippen LogP contribution in [0, 0.1) is 0 Å². The summed E-state index contributed by atoms with van der Waals surface area (Å²) in [6, 6.07) is 3.60. The summed E-state index contributed by atoms with van der Waals surface area (Å²) in [4.78, 5) is 15.2. The van der Waals surface area contributed by atoms with Crippen molar-refractivity contribution in [1.82, 2.24) is 9.29 Å². The molecular weight excluding hydrogens is 252 g/mol. The lowest BCUT2D eigenvalue weighted by Crippen LogP contribution is -2.41. The minimum absolute atomic E-state index is 0.00809. The zero-order chi connectivity index (χ0) is 13.0. The van der Waals surface area contributed by atoms with Gasteiger partial charge in [-0.1, -0.05) is 0 Å². The predicted octanol–water partition coefficient (Wildman–Crippen LogP) is 0.619. The second-order valence-electron chi connectivity index (χ2n) is 4.40. The van der Waals surface area contributed by atoms with Crippen molar-refractivity contribution >= 4 is 15.8 Å². The first-order chi connectivity index (χ1) is 8.58. The molecule has 0 unspecified atom stereocenters. The average Bonchev–Trinajstić information content (AvgIpc) is 2.38. The number of pyridine rings is 1. The molecule has 0 aromatic carbocycles. The maximum atomic E-state index is 12.1. The van der Waals surface area contributed by atoms with Crippen molar-refractivity contribution in [3.05, 3.63) is 30.1 Å². The largest absolute Gasteiger partial charge is 0.298 e. The smallest absolute Gasteiger partial charge is 0.214 e. The highest BCUT2D eigenvalue weighted by molar-refractivity contribution is 7.89. The molecule has 98 valence electrons. The number of nitrogens with zero attached hydrogens (tertiary/aromatic N) is 2. The SMILES string of the molecule is O=C1CCCN(S(=O)(=O)CCc2ccncc2)C1. The first-order valence-corrected chi connectivity index (χ1v) is 7.57. The molecule has 0 amide bonds. The third kappa shape index (κ3) is 3.36. The van der Waals surface area contributed by atoms with Crippen molar-refractivity contribution in [2.24, 2.45) is 0 Å². The van der Waals surface area contributed by atoms with Gasteiger partial charge in [-0.2, -0.15) is 4.31 Å². The van der Waals surface area contributed by atoms with Gasteiger partial charge in [0.15, 0.2) is 0 Å². The van der Waals surface area contributed by atoms with E-state index in [1.807, 2.05) is 0 Å². The van der Waals surface area contributed by atoms with Crippen molar-refractivity contribution in [2.75, 3.05) is 18.8 Å². The van der Waals surface area contributed by atoms with Crippen molar-refractivity contribution in [2.45, 2.75) is 19.3 Å². The normalized spacial score (nSPS) is 17.9. The van der Waals surface area contributed by atoms with Crippen molar-refractivity contribution in [3.63, 3.8) is 0 Å². The van der Waals surface area contributed by atoms with Gasteiger partial charge < -0.3 is 0 Å². The van der Waals surface area contributed by atoms with Gasteiger partial charge in [0.1, 0.15) is 5.78 Å². The fourth-order valence-corrected chi connectivity index (χ4v) is 3.47. The lowest BCUT2D eigenvalue weighted by molar-refractivity contribution is -0.120. The van der Waals surface area contributed by atoms with Crippen LogP contribution in [0.1, 0.15) is 18.4 Å². The Labute approximate surface area is 107 Å². The molecule has 1 fully saturated rings. The second kappa shape index (κ2) is 5.58. The Morgan fingerprint density at radius 2 is 2.00 bits per heavy atom. The molecule has 2 heterocycles. The number of rotatable bonds is 4. The van der Waals surface area contributed by atoms with Gasteiger partial charge in [0.05, 0.1) is 12.3 Å². The number of hydrogen-bond donors (Lipinski definition) is 0. The zero-order valence-corrected chi connectivity index (χ0v) is 10.9. The molecule has 0 N–H and O–H groups in total. The van der Waals surface area contributed by atoms with Gasteiger partial charge in [-0.3, -0.25) is 9.78 Å². The number of sulfonamides is 1. The van der Waals surface area contributed by atoms with Crippen molar-refractivity contribution in [1.29, 1.82) is 0 Å². The number of aromatic nitrogens is 1. The Bertz CT molecular complexity index is 513. The van der Waals surface area contributed by atoms with Gasteiger partial charge >= 0.3 is 0 Å². The van der Waals surface area contributed by atoms with E-state index in [1.54, 1.807) is 24.5 Å². The average molecular weight is 268 g/mol. The van der Waals surface area contributed by atoms with E-state index in [-0.39, 0.29) is 18.1 Å². The summed E-state index contributed by atoms with van der Waals surface area (Å²) in [5.74, 6) is 0.0540. The second-order valence-corrected chi connectivity index (χ2v) is 6.49. The quantitative estimate of drug-likeness (QED) is 0.803. The fourth-order valence-electron chi connectivity index (χ4n) is 1.97. The van der Waals surface area contributed by atoms with Gasteiger partial charge in [-0.05, 0) is 30.5 Å². The Kier molecular flexibility index (Phi) is 4.08. The summed E-state index contributed by atoms with van der Waals surface area (Å²) in [6.07, 6.45) is 4.87. The molecule has 0 spiro atoms. The van der Waals surface area contributed by atoms with Crippen LogP contribution in [-0.4, -0.2) is 42.3 Å². The van der Waals surface area contributed by atoms with Crippen molar-refractivity contribution in [3.8, 4) is 0 Å². The molecule has 6 heteroatoms. The van der Waals surface area contributed by atoms with E-state index in [4.69, 9.17) is 0 Å².